The van der Waals surface area contributed by atoms with E-state index in [4.69, 9.17) is 37.0 Å². The van der Waals surface area contributed by atoms with Gasteiger partial charge in [-0.25, -0.2) is 9.13 Å². The van der Waals surface area contributed by atoms with Gasteiger partial charge in [0.1, 0.15) is 19.3 Å². The monoisotopic (exact) mass is 1520 g/mol. The van der Waals surface area contributed by atoms with Crippen LogP contribution in [0.3, 0.4) is 0 Å². The maximum absolute atomic E-state index is 13.1. The number of hydrogen-bond acceptors (Lipinski definition) is 15. The molecule has 0 aromatic heterocycles. The second-order valence-corrected chi connectivity index (χ2v) is 34.7. The van der Waals surface area contributed by atoms with Crippen molar-refractivity contribution in [3.05, 3.63) is 0 Å². The van der Waals surface area contributed by atoms with E-state index in [1.54, 1.807) is 0 Å². The summed E-state index contributed by atoms with van der Waals surface area (Å²) in [6.45, 7) is 12.1. The molecule has 0 saturated heterocycles. The van der Waals surface area contributed by atoms with Gasteiger partial charge in [-0.15, -0.1) is 0 Å². The van der Waals surface area contributed by atoms with E-state index in [1.807, 2.05) is 0 Å². The van der Waals surface area contributed by atoms with Crippen LogP contribution < -0.4 is 0 Å². The lowest BCUT2D eigenvalue weighted by atomic mass is 9.99. The van der Waals surface area contributed by atoms with Crippen LogP contribution in [-0.4, -0.2) is 96.7 Å². The van der Waals surface area contributed by atoms with E-state index in [-0.39, 0.29) is 25.7 Å². The van der Waals surface area contributed by atoms with Gasteiger partial charge in [0.15, 0.2) is 12.2 Å². The maximum atomic E-state index is 13.1. The van der Waals surface area contributed by atoms with Crippen molar-refractivity contribution in [1.29, 1.82) is 0 Å². The lowest BCUT2D eigenvalue weighted by Gasteiger charge is -2.21. The number of phosphoric acid groups is 2. The van der Waals surface area contributed by atoms with Gasteiger partial charge in [-0.05, 0) is 43.4 Å². The molecule has 3 N–H and O–H groups in total. The minimum atomic E-state index is -4.97. The van der Waals surface area contributed by atoms with E-state index in [0.29, 0.717) is 25.7 Å². The van der Waals surface area contributed by atoms with Crippen molar-refractivity contribution in [3.63, 3.8) is 0 Å². The highest BCUT2D eigenvalue weighted by atomic mass is 31.2. The van der Waals surface area contributed by atoms with Gasteiger partial charge in [-0.1, -0.05) is 395 Å². The average molecular weight is 1520 g/mol. The molecule has 17 nitrogen and oxygen atoms in total. The topological polar surface area (TPSA) is 237 Å². The molecule has 0 heterocycles. The molecule has 0 rings (SSSR count). The van der Waals surface area contributed by atoms with Crippen molar-refractivity contribution in [1.82, 2.24) is 0 Å². The van der Waals surface area contributed by atoms with E-state index in [1.165, 1.54) is 257 Å². The Hall–Kier alpha value is -1.94. The summed E-state index contributed by atoms with van der Waals surface area (Å²) in [6.07, 6.45) is 65.0. The van der Waals surface area contributed by atoms with E-state index in [0.717, 1.165) is 108 Å². The highest BCUT2D eigenvalue weighted by Gasteiger charge is 2.30. The Bertz CT molecular complexity index is 2010. The SMILES string of the molecule is CCCCCCCCCCCCCC(=O)OC[C@H](COP(=O)(O)OC[C@H](O)COP(=O)(O)OC[C@@H](COC(=O)CCCCCCCCCCCCCCCCC(C)CC)OC(=O)CCCCCCCCCCCCCCCCCCC(C)C)OC(=O)CCCCCCCCCCCCCCCC(C)C. The molecule has 6 atom stereocenters. The number of hydrogen-bond donors (Lipinski definition) is 3. The van der Waals surface area contributed by atoms with Crippen molar-refractivity contribution in [2.75, 3.05) is 39.6 Å². The fourth-order valence-corrected chi connectivity index (χ4v) is 14.7. The third-order valence-corrected chi connectivity index (χ3v) is 22.1. The summed E-state index contributed by atoms with van der Waals surface area (Å²) in [5, 5.41) is 10.7. The lowest BCUT2D eigenvalue weighted by Crippen LogP contribution is -2.30. The smallest absolute Gasteiger partial charge is 0.462 e. The molecule has 0 saturated carbocycles. The van der Waals surface area contributed by atoms with Crippen molar-refractivity contribution >= 4 is 39.5 Å². The molecule has 104 heavy (non-hydrogen) atoms. The number of aliphatic hydroxyl groups is 1. The molecule has 0 spiro atoms. The minimum absolute atomic E-state index is 0.107. The lowest BCUT2D eigenvalue weighted by molar-refractivity contribution is -0.161. The van der Waals surface area contributed by atoms with Crippen LogP contribution in [-0.2, 0) is 65.4 Å². The van der Waals surface area contributed by atoms with Crippen LogP contribution in [0.25, 0.3) is 0 Å². The molecule has 0 aliphatic carbocycles. The Morgan fingerprint density at radius 2 is 0.490 bits per heavy atom. The average Bonchev–Trinajstić information content (AvgIpc) is 0.915. The molecule has 0 aliphatic rings. The second-order valence-electron chi connectivity index (χ2n) is 31.8. The van der Waals surface area contributed by atoms with Crippen LogP contribution in [0, 0.1) is 17.8 Å². The number of esters is 4. The summed E-state index contributed by atoms with van der Waals surface area (Å²) in [5.74, 6) is 0.342. The highest BCUT2D eigenvalue weighted by Crippen LogP contribution is 2.45. The third-order valence-electron chi connectivity index (χ3n) is 20.2. The maximum Gasteiger partial charge on any atom is 0.472 e. The van der Waals surface area contributed by atoms with Crippen molar-refractivity contribution < 1.29 is 80.2 Å². The van der Waals surface area contributed by atoms with Crippen molar-refractivity contribution in [2.24, 2.45) is 17.8 Å². The number of rotatable bonds is 83. The van der Waals surface area contributed by atoms with Gasteiger partial charge in [0.2, 0.25) is 0 Å². The first-order valence-electron chi connectivity index (χ1n) is 43.9. The minimum Gasteiger partial charge on any atom is -0.462 e. The molecule has 0 amide bonds. The van der Waals surface area contributed by atoms with Crippen LogP contribution in [0.2, 0.25) is 0 Å². The van der Waals surface area contributed by atoms with Gasteiger partial charge in [0.25, 0.3) is 0 Å². The predicted octanol–water partition coefficient (Wildman–Crippen LogP) is 25.7. The Morgan fingerprint density at radius 1 is 0.279 bits per heavy atom. The Labute approximate surface area is 638 Å². The van der Waals surface area contributed by atoms with Gasteiger partial charge in [-0.3, -0.25) is 37.3 Å². The Balaban J connectivity index is 5.25. The summed E-state index contributed by atoms with van der Waals surface area (Å²) >= 11 is 0. The quantitative estimate of drug-likeness (QED) is 0.0222. The normalized spacial score (nSPS) is 14.2. The Morgan fingerprint density at radius 3 is 0.731 bits per heavy atom. The molecule has 0 aliphatic heterocycles. The molecule has 19 heteroatoms. The highest BCUT2D eigenvalue weighted by molar-refractivity contribution is 7.47. The van der Waals surface area contributed by atoms with Gasteiger partial charge < -0.3 is 33.8 Å². The molecule has 0 radical (unpaired) electrons. The molecule has 0 fully saturated rings. The van der Waals surface area contributed by atoms with Gasteiger partial charge in [0.05, 0.1) is 26.4 Å². The van der Waals surface area contributed by atoms with Crippen LogP contribution >= 0.6 is 15.6 Å². The van der Waals surface area contributed by atoms with Gasteiger partial charge in [-0.2, -0.15) is 0 Å². The van der Waals surface area contributed by atoms with E-state index in [9.17, 15) is 43.2 Å². The standard InChI is InChI=1S/C85H166O17P2/c1-8-10-11-12-13-14-28-38-45-52-59-66-82(87)95-72-80(101-85(90)69-62-55-48-41-34-27-21-23-30-36-43-50-57-64-77(5)6)74-99-103(91,92)97-70-79(86)71-98-104(93,94)100-75-81(73-96-83(88)67-60-53-46-39-32-25-20-19-24-31-37-44-51-58-65-78(7)9-2)102-84(89)68-61-54-47-40-33-26-18-16-15-17-22-29-35-42-49-56-63-76(3)4/h76-81,86H,8-75H2,1-7H3,(H,91,92)(H,93,94)/t78?,79-,80+,81+/m0/s1. The summed E-state index contributed by atoms with van der Waals surface area (Å²) in [7, 11) is -9.93. The fourth-order valence-electron chi connectivity index (χ4n) is 13.2. The number of carbonyl (C=O) groups excluding carboxylic acids is 4. The zero-order valence-corrected chi connectivity index (χ0v) is 70.3. The van der Waals surface area contributed by atoms with E-state index >= 15 is 0 Å². The molecular formula is C85H166O17P2. The third kappa shape index (κ3) is 76.8. The summed E-state index contributed by atoms with van der Waals surface area (Å²) < 4.78 is 68.9. The summed E-state index contributed by atoms with van der Waals surface area (Å²) in [4.78, 5) is 73.2. The molecule has 0 aromatic carbocycles. The number of ether oxygens (including phenoxy) is 4. The first kappa shape index (κ1) is 102. The zero-order valence-electron chi connectivity index (χ0n) is 68.5. The van der Waals surface area contributed by atoms with Crippen LogP contribution in [0.15, 0.2) is 0 Å². The first-order valence-corrected chi connectivity index (χ1v) is 46.9. The molecule has 0 aromatic rings. The fraction of sp³-hybridized carbons (Fsp3) is 0.953. The first-order chi connectivity index (χ1) is 50.3. The van der Waals surface area contributed by atoms with Crippen molar-refractivity contribution in [2.45, 2.75) is 465 Å². The molecule has 618 valence electrons. The Kier molecular flexibility index (Phi) is 73.7. The largest absolute Gasteiger partial charge is 0.472 e. The molecular weight excluding hydrogens is 1350 g/mol. The second kappa shape index (κ2) is 75.1. The molecule has 3 unspecified atom stereocenters. The van der Waals surface area contributed by atoms with Crippen molar-refractivity contribution in [3.8, 4) is 0 Å². The van der Waals surface area contributed by atoms with Gasteiger partial charge in [0, 0.05) is 25.7 Å². The van der Waals surface area contributed by atoms with Crippen LogP contribution in [0.4, 0.5) is 0 Å². The van der Waals surface area contributed by atoms with E-state index in [2.05, 4.69) is 48.5 Å². The molecule has 0 bridgehead atoms. The summed E-state index contributed by atoms with van der Waals surface area (Å²) in [5.41, 5.74) is 0. The van der Waals surface area contributed by atoms with Gasteiger partial charge >= 0.3 is 39.5 Å². The summed E-state index contributed by atoms with van der Waals surface area (Å²) in [6, 6.07) is 0. The van der Waals surface area contributed by atoms with E-state index < -0.39 is 97.5 Å². The number of aliphatic hydroxyl groups excluding tert-OH is 1. The number of unbranched alkanes of at least 4 members (excludes halogenated alkanes) is 50. The van der Waals surface area contributed by atoms with Crippen LogP contribution in [0.1, 0.15) is 447 Å². The van der Waals surface area contributed by atoms with Crippen LogP contribution in [0.5, 0.6) is 0 Å². The zero-order chi connectivity index (χ0) is 76.5. The predicted molar refractivity (Wildman–Crippen MR) is 428 cm³/mol. The number of phosphoric ester groups is 2. The number of carbonyl (C=O) groups is 4.